The molecule has 0 spiro atoms. The lowest BCUT2D eigenvalue weighted by molar-refractivity contribution is -0.136. The molecule has 6 nitrogen and oxygen atoms in total. The number of benzene rings is 1. The molecule has 27 heavy (non-hydrogen) atoms. The summed E-state index contributed by atoms with van der Waals surface area (Å²) in [7, 11) is 1.29. The number of hydrogen-bond acceptors (Lipinski definition) is 5. The second-order valence-electron chi connectivity index (χ2n) is 6.02. The molecule has 0 radical (unpaired) electrons. The molecule has 0 aliphatic carbocycles. The van der Waals surface area contributed by atoms with Gasteiger partial charge in [0.25, 0.3) is 0 Å². The molecule has 1 atom stereocenters. The molecule has 1 aromatic carbocycles. The topological polar surface area (TPSA) is 68.8 Å². The number of ether oxygens (including phenoxy) is 3. The molecule has 9 heteroatoms. The van der Waals surface area contributed by atoms with Crippen LogP contribution in [0.3, 0.4) is 0 Å². The normalized spacial score (nSPS) is 16.9. The minimum atomic E-state index is -2.97. The first-order valence-corrected chi connectivity index (χ1v) is 8.80. The van der Waals surface area contributed by atoms with Gasteiger partial charge >= 0.3 is 12.6 Å². The number of alkyl halides is 2. The van der Waals surface area contributed by atoms with Crippen molar-refractivity contribution in [3.05, 3.63) is 35.0 Å². The highest BCUT2D eigenvalue weighted by molar-refractivity contribution is 7.80. The lowest BCUT2D eigenvalue weighted by Gasteiger charge is -2.32. The Labute approximate surface area is 161 Å². The van der Waals surface area contributed by atoms with Crippen molar-refractivity contribution in [1.82, 2.24) is 10.6 Å². The van der Waals surface area contributed by atoms with Crippen LogP contribution in [-0.2, 0) is 9.53 Å². The second-order valence-corrected chi connectivity index (χ2v) is 6.43. The summed E-state index contributed by atoms with van der Waals surface area (Å²) in [6, 6.07) is 3.88. The minimum absolute atomic E-state index is 0.0190. The van der Waals surface area contributed by atoms with Crippen molar-refractivity contribution >= 4 is 23.3 Å². The number of methoxy groups -OCH3 is 1. The van der Waals surface area contributed by atoms with Gasteiger partial charge in [0.2, 0.25) is 0 Å². The molecule has 0 aromatic heterocycles. The Morgan fingerprint density at radius 3 is 2.56 bits per heavy atom. The summed E-state index contributed by atoms with van der Waals surface area (Å²) in [5.41, 5.74) is 1.61. The predicted octanol–water partition coefficient (Wildman–Crippen LogP) is 3.29. The van der Waals surface area contributed by atoms with E-state index in [9.17, 15) is 13.6 Å². The molecule has 0 unspecified atom stereocenters. The van der Waals surface area contributed by atoms with Crippen LogP contribution >= 0.6 is 12.2 Å². The highest BCUT2D eigenvalue weighted by Gasteiger charge is 2.33. The van der Waals surface area contributed by atoms with Gasteiger partial charge in [0.1, 0.15) is 0 Å². The molecule has 1 aromatic rings. The van der Waals surface area contributed by atoms with Crippen LogP contribution in [0.1, 0.15) is 32.4 Å². The average molecular weight is 400 g/mol. The van der Waals surface area contributed by atoms with Gasteiger partial charge in [-0.05, 0) is 42.8 Å². The number of thiocarbonyl (C=S) groups is 1. The third-order valence-electron chi connectivity index (χ3n) is 3.90. The standard InChI is InChI=1S/C18H22F2N2O4S/c1-5-25-12-8-10(6-7-11(12)26-17(19)20)15-13(16(23)24-4)14(9(2)3)21-18(27)22-15/h6-9,15,17H,5H2,1-4H3,(H2,21,22,27)/t15-/m1/s1. The molecule has 0 bridgehead atoms. The van der Waals surface area contributed by atoms with E-state index in [-0.39, 0.29) is 24.0 Å². The Morgan fingerprint density at radius 2 is 2.00 bits per heavy atom. The van der Waals surface area contributed by atoms with Gasteiger partial charge in [-0.3, -0.25) is 0 Å². The summed E-state index contributed by atoms with van der Waals surface area (Å²) in [5.74, 6) is -0.469. The lowest BCUT2D eigenvalue weighted by atomic mass is 9.91. The van der Waals surface area contributed by atoms with Crippen LogP contribution in [-0.4, -0.2) is 31.4 Å². The smallest absolute Gasteiger partial charge is 0.387 e. The maximum absolute atomic E-state index is 12.6. The Balaban J connectivity index is 2.55. The summed E-state index contributed by atoms with van der Waals surface area (Å²) in [6.07, 6.45) is 0. The minimum Gasteiger partial charge on any atom is -0.490 e. The fraction of sp³-hybridized carbons (Fsp3) is 0.444. The first-order valence-electron chi connectivity index (χ1n) is 8.39. The maximum Gasteiger partial charge on any atom is 0.387 e. The Bertz CT molecular complexity index is 753. The monoisotopic (exact) mass is 400 g/mol. The zero-order valence-electron chi connectivity index (χ0n) is 15.5. The average Bonchev–Trinajstić information content (AvgIpc) is 2.61. The van der Waals surface area contributed by atoms with Crippen LogP contribution in [0.15, 0.2) is 29.5 Å². The number of carbonyl (C=O) groups is 1. The van der Waals surface area contributed by atoms with Crippen LogP contribution < -0.4 is 20.1 Å². The fourth-order valence-electron chi connectivity index (χ4n) is 2.79. The number of allylic oxidation sites excluding steroid dienone is 1. The van der Waals surface area contributed by atoms with Gasteiger partial charge in [0.15, 0.2) is 16.6 Å². The fourth-order valence-corrected chi connectivity index (χ4v) is 3.02. The number of nitrogens with one attached hydrogen (secondary N) is 2. The molecule has 0 fully saturated rings. The SMILES string of the molecule is CCOc1cc([C@H]2NC(=S)NC(C(C)C)=C2C(=O)OC)ccc1OC(F)F. The Hall–Kier alpha value is -2.42. The molecule has 1 heterocycles. The second kappa shape index (κ2) is 8.98. The van der Waals surface area contributed by atoms with E-state index in [1.54, 1.807) is 19.1 Å². The molecular formula is C18H22F2N2O4S. The highest BCUT2D eigenvalue weighted by atomic mass is 32.1. The molecule has 1 aliphatic rings. The van der Waals surface area contributed by atoms with E-state index >= 15 is 0 Å². The predicted molar refractivity (Wildman–Crippen MR) is 99.7 cm³/mol. The number of carbonyl (C=O) groups excluding carboxylic acids is 1. The lowest BCUT2D eigenvalue weighted by Crippen LogP contribution is -2.46. The van der Waals surface area contributed by atoms with Gasteiger partial charge in [-0.2, -0.15) is 8.78 Å². The molecular weight excluding hydrogens is 378 g/mol. The van der Waals surface area contributed by atoms with E-state index < -0.39 is 18.6 Å². The van der Waals surface area contributed by atoms with Gasteiger partial charge in [0, 0.05) is 5.70 Å². The Kier molecular flexibility index (Phi) is 6.95. The van der Waals surface area contributed by atoms with Crippen LogP contribution in [0.4, 0.5) is 8.78 Å². The third kappa shape index (κ3) is 4.85. The highest BCUT2D eigenvalue weighted by Crippen LogP contribution is 2.36. The van der Waals surface area contributed by atoms with Crippen LogP contribution in [0.5, 0.6) is 11.5 Å². The van der Waals surface area contributed by atoms with E-state index in [0.29, 0.717) is 21.9 Å². The number of halogens is 2. The summed E-state index contributed by atoms with van der Waals surface area (Å²) in [5, 5.41) is 6.38. The van der Waals surface area contributed by atoms with Gasteiger partial charge in [-0.15, -0.1) is 0 Å². The van der Waals surface area contributed by atoms with Crippen molar-refractivity contribution in [2.45, 2.75) is 33.4 Å². The molecule has 1 aliphatic heterocycles. The van der Waals surface area contributed by atoms with E-state index in [0.717, 1.165) is 0 Å². The summed E-state index contributed by atoms with van der Waals surface area (Å²) in [4.78, 5) is 12.4. The zero-order chi connectivity index (χ0) is 20.1. The van der Waals surface area contributed by atoms with Gasteiger partial charge in [0.05, 0.1) is 25.3 Å². The Morgan fingerprint density at radius 1 is 1.30 bits per heavy atom. The van der Waals surface area contributed by atoms with E-state index in [4.69, 9.17) is 21.7 Å². The van der Waals surface area contributed by atoms with Gasteiger partial charge in [-0.1, -0.05) is 19.9 Å². The van der Waals surface area contributed by atoms with Crippen molar-refractivity contribution in [2.75, 3.05) is 13.7 Å². The summed E-state index contributed by atoms with van der Waals surface area (Å²) < 4.78 is 40.1. The van der Waals surface area contributed by atoms with Crippen LogP contribution in [0.25, 0.3) is 0 Å². The third-order valence-corrected chi connectivity index (χ3v) is 4.12. The molecule has 0 saturated heterocycles. The number of hydrogen-bond donors (Lipinski definition) is 2. The van der Waals surface area contributed by atoms with Gasteiger partial charge in [-0.25, -0.2) is 4.79 Å². The molecule has 148 valence electrons. The van der Waals surface area contributed by atoms with Crippen molar-refractivity contribution in [1.29, 1.82) is 0 Å². The largest absolute Gasteiger partial charge is 0.490 e. The molecule has 0 saturated carbocycles. The summed E-state index contributed by atoms with van der Waals surface area (Å²) >= 11 is 5.26. The maximum atomic E-state index is 12.6. The molecule has 2 rings (SSSR count). The first kappa shape index (κ1) is 20.9. The van der Waals surface area contributed by atoms with Crippen molar-refractivity contribution in [3.8, 4) is 11.5 Å². The quantitative estimate of drug-likeness (QED) is 0.538. The van der Waals surface area contributed by atoms with Crippen molar-refractivity contribution in [2.24, 2.45) is 5.92 Å². The zero-order valence-corrected chi connectivity index (χ0v) is 16.3. The molecule has 0 amide bonds. The number of rotatable bonds is 7. The first-order chi connectivity index (χ1) is 12.8. The van der Waals surface area contributed by atoms with Crippen molar-refractivity contribution < 1.29 is 27.8 Å². The molecule has 2 N–H and O–H groups in total. The van der Waals surface area contributed by atoms with Crippen LogP contribution in [0, 0.1) is 5.92 Å². The summed E-state index contributed by atoms with van der Waals surface area (Å²) in [6.45, 7) is 2.85. The van der Waals surface area contributed by atoms with E-state index in [1.165, 1.54) is 13.2 Å². The number of esters is 1. The van der Waals surface area contributed by atoms with E-state index in [2.05, 4.69) is 15.4 Å². The van der Waals surface area contributed by atoms with Crippen molar-refractivity contribution in [3.63, 3.8) is 0 Å². The van der Waals surface area contributed by atoms with E-state index in [1.807, 2.05) is 13.8 Å². The van der Waals surface area contributed by atoms with Gasteiger partial charge < -0.3 is 24.8 Å². The van der Waals surface area contributed by atoms with Crippen LogP contribution in [0.2, 0.25) is 0 Å².